The fraction of sp³-hybridized carbons (Fsp3) is 0.571. The zero-order valence-electron chi connectivity index (χ0n) is 21.2. The molecular weight excluding hydrogens is 432 g/mol. The van der Waals surface area contributed by atoms with E-state index in [1.165, 1.54) is 12.1 Å². The minimum atomic E-state index is -4.12. The van der Waals surface area contributed by atoms with Crippen molar-refractivity contribution in [2.45, 2.75) is 114 Å². The van der Waals surface area contributed by atoms with Gasteiger partial charge in [0, 0.05) is 0 Å². The van der Waals surface area contributed by atoms with Gasteiger partial charge in [-0.25, -0.2) is 8.42 Å². The smallest absolute Gasteiger partial charge is 0.213 e. The van der Waals surface area contributed by atoms with E-state index in [0.29, 0.717) is 0 Å². The first kappa shape index (κ1) is 27.2. The van der Waals surface area contributed by atoms with E-state index in [1.54, 1.807) is 24.3 Å². The van der Waals surface area contributed by atoms with E-state index in [1.807, 2.05) is 0 Å². The summed E-state index contributed by atoms with van der Waals surface area (Å²) in [5, 5.41) is 21.0. The first-order valence-corrected chi connectivity index (χ1v) is 13.8. The Morgan fingerprint density at radius 3 is 1.36 bits per heavy atom. The summed E-state index contributed by atoms with van der Waals surface area (Å²) in [5.41, 5.74) is 1.28. The van der Waals surface area contributed by atoms with Crippen molar-refractivity contribution in [1.29, 1.82) is 0 Å². The van der Waals surface area contributed by atoms with E-state index < -0.39 is 9.84 Å². The second kappa shape index (κ2) is 10.9. The van der Waals surface area contributed by atoms with Crippen LogP contribution in [0.25, 0.3) is 0 Å². The molecule has 0 radical (unpaired) electrons. The molecule has 33 heavy (non-hydrogen) atoms. The van der Waals surface area contributed by atoms with Crippen molar-refractivity contribution < 1.29 is 18.6 Å². The van der Waals surface area contributed by atoms with E-state index in [2.05, 4.69) is 41.5 Å². The zero-order chi connectivity index (χ0) is 24.9. The lowest BCUT2D eigenvalue weighted by atomic mass is 9.80. The van der Waals surface area contributed by atoms with Crippen LogP contribution in [0, 0.1) is 0 Å². The molecule has 2 aromatic rings. The predicted octanol–water partition coefficient (Wildman–Crippen LogP) is 7.65. The maximum absolute atomic E-state index is 13.6. The number of hydrogen-bond acceptors (Lipinski definition) is 4. The third-order valence-electron chi connectivity index (χ3n) is 6.87. The van der Waals surface area contributed by atoms with E-state index in [-0.39, 0.29) is 32.1 Å². The van der Waals surface area contributed by atoms with Gasteiger partial charge in [-0.15, -0.1) is 0 Å². The molecule has 2 aromatic carbocycles. The highest BCUT2D eigenvalue weighted by atomic mass is 32.2. The lowest BCUT2D eigenvalue weighted by Gasteiger charge is -2.27. The minimum Gasteiger partial charge on any atom is -0.507 e. The normalized spacial score (nSPS) is 12.8. The first-order chi connectivity index (χ1) is 15.4. The highest BCUT2D eigenvalue weighted by molar-refractivity contribution is 7.91. The quantitative estimate of drug-likeness (QED) is 0.310. The molecule has 184 valence electrons. The van der Waals surface area contributed by atoms with Crippen molar-refractivity contribution in [2.75, 3.05) is 0 Å². The molecule has 4 nitrogen and oxygen atoms in total. The van der Waals surface area contributed by atoms with Gasteiger partial charge in [-0.3, -0.25) is 0 Å². The molecule has 0 aromatic heterocycles. The summed E-state index contributed by atoms with van der Waals surface area (Å²) in [7, 11) is -4.12. The average molecular weight is 475 g/mol. The molecule has 2 N–H and O–H groups in total. The van der Waals surface area contributed by atoms with Crippen LogP contribution in [-0.4, -0.2) is 18.6 Å². The molecule has 0 amide bonds. The van der Waals surface area contributed by atoms with Gasteiger partial charge in [-0.2, -0.15) is 0 Å². The second-order valence-electron chi connectivity index (χ2n) is 10.6. The number of phenolic OH excluding ortho intramolecular Hbond substituents is 2. The van der Waals surface area contributed by atoms with Crippen molar-refractivity contribution in [2.24, 2.45) is 0 Å². The number of benzene rings is 2. The molecule has 0 spiro atoms. The lowest BCUT2D eigenvalue weighted by molar-refractivity contribution is 0.437. The van der Waals surface area contributed by atoms with Crippen molar-refractivity contribution in [3.63, 3.8) is 0 Å². The summed E-state index contributed by atoms with van der Waals surface area (Å²) in [6, 6.07) is 9.67. The Kier molecular flexibility index (Phi) is 9.03. The number of rotatable bonds is 12. The van der Waals surface area contributed by atoms with Crippen LogP contribution < -0.4 is 0 Å². The number of hydrogen-bond donors (Lipinski definition) is 2. The van der Waals surface area contributed by atoms with Gasteiger partial charge in [-0.1, -0.05) is 92.2 Å². The summed E-state index contributed by atoms with van der Waals surface area (Å²) >= 11 is 0. The maximum atomic E-state index is 13.6. The molecule has 0 atom stereocenters. The SMILES string of the molecule is CCCCCC(C)(C)c1ccc(O)c(S(=O)(=O)c2cc(C(C)(C)CCCCC)ccc2O)c1. The fourth-order valence-corrected chi connectivity index (χ4v) is 5.83. The molecule has 2 rings (SSSR count). The fourth-order valence-electron chi connectivity index (χ4n) is 4.34. The average Bonchev–Trinajstić information content (AvgIpc) is 2.74. The van der Waals surface area contributed by atoms with E-state index in [9.17, 15) is 18.6 Å². The Hall–Kier alpha value is -2.01. The zero-order valence-corrected chi connectivity index (χ0v) is 22.1. The molecule has 0 bridgehead atoms. The van der Waals surface area contributed by atoms with Gasteiger partial charge in [-0.05, 0) is 59.1 Å². The number of unbranched alkanes of at least 4 members (excludes halogenated alkanes) is 4. The van der Waals surface area contributed by atoms with Crippen molar-refractivity contribution >= 4 is 9.84 Å². The van der Waals surface area contributed by atoms with Crippen LogP contribution in [0.5, 0.6) is 11.5 Å². The Bertz CT molecular complexity index is 958. The van der Waals surface area contributed by atoms with E-state index in [4.69, 9.17) is 0 Å². The molecular formula is C28H42O4S. The molecule has 0 saturated carbocycles. The van der Waals surface area contributed by atoms with Crippen LogP contribution in [0.4, 0.5) is 0 Å². The molecule has 0 aliphatic carbocycles. The van der Waals surface area contributed by atoms with Crippen LogP contribution >= 0.6 is 0 Å². The molecule has 0 heterocycles. The van der Waals surface area contributed by atoms with Gasteiger partial charge in [0.05, 0.1) is 0 Å². The van der Waals surface area contributed by atoms with Crippen LogP contribution in [-0.2, 0) is 20.7 Å². The summed E-state index contributed by atoms with van der Waals surface area (Å²) in [6.45, 7) is 12.7. The first-order valence-electron chi connectivity index (χ1n) is 12.3. The molecule has 0 aliphatic rings. The van der Waals surface area contributed by atoms with Crippen molar-refractivity contribution in [3.05, 3.63) is 47.5 Å². The van der Waals surface area contributed by atoms with Gasteiger partial charge in [0.2, 0.25) is 9.84 Å². The largest absolute Gasteiger partial charge is 0.507 e. The Morgan fingerprint density at radius 2 is 1.03 bits per heavy atom. The highest BCUT2D eigenvalue weighted by Gasteiger charge is 2.30. The summed E-state index contributed by atoms with van der Waals surface area (Å²) in [5.74, 6) is -0.592. The third kappa shape index (κ3) is 6.53. The predicted molar refractivity (Wildman–Crippen MR) is 136 cm³/mol. The molecule has 5 heteroatoms. The molecule has 0 aliphatic heterocycles. The van der Waals surface area contributed by atoms with Gasteiger partial charge in [0.15, 0.2) is 0 Å². The highest BCUT2D eigenvalue weighted by Crippen LogP contribution is 2.40. The van der Waals surface area contributed by atoms with Crippen molar-refractivity contribution in [1.82, 2.24) is 0 Å². The third-order valence-corrected chi connectivity index (χ3v) is 8.68. The van der Waals surface area contributed by atoms with Gasteiger partial charge >= 0.3 is 0 Å². The summed E-state index contributed by atoms with van der Waals surface area (Å²) in [6.07, 6.45) is 8.47. The Balaban J connectivity index is 2.50. The summed E-state index contributed by atoms with van der Waals surface area (Å²) in [4.78, 5) is -0.306. The minimum absolute atomic E-state index is 0.153. The van der Waals surface area contributed by atoms with E-state index in [0.717, 1.165) is 62.5 Å². The lowest BCUT2D eigenvalue weighted by Crippen LogP contribution is -2.19. The standard InChI is InChI=1S/C28H42O4S/c1-7-9-11-17-27(3,4)21-13-15-23(29)25(19-21)33(31,32)26-20-22(14-16-24(26)30)28(5,6)18-12-10-8-2/h13-16,19-20,29-30H,7-12,17-18H2,1-6H3. The van der Waals surface area contributed by atoms with Gasteiger partial charge in [0.25, 0.3) is 0 Å². The summed E-state index contributed by atoms with van der Waals surface area (Å²) < 4.78 is 27.3. The molecule has 0 saturated heterocycles. The molecule has 0 fully saturated rings. The second-order valence-corrected chi connectivity index (χ2v) is 12.4. The number of phenols is 2. The van der Waals surface area contributed by atoms with Crippen LogP contribution in [0.2, 0.25) is 0 Å². The van der Waals surface area contributed by atoms with Crippen molar-refractivity contribution in [3.8, 4) is 11.5 Å². The topological polar surface area (TPSA) is 74.6 Å². The Morgan fingerprint density at radius 1 is 0.667 bits per heavy atom. The van der Waals surface area contributed by atoms with Crippen LogP contribution in [0.15, 0.2) is 46.2 Å². The Labute approximate surface area is 201 Å². The molecule has 0 unspecified atom stereocenters. The van der Waals surface area contributed by atoms with Gasteiger partial charge < -0.3 is 10.2 Å². The monoisotopic (exact) mass is 474 g/mol. The maximum Gasteiger partial charge on any atom is 0.213 e. The van der Waals surface area contributed by atoms with Gasteiger partial charge in [0.1, 0.15) is 21.3 Å². The number of sulfone groups is 1. The van der Waals surface area contributed by atoms with E-state index >= 15 is 0 Å². The number of aromatic hydroxyl groups is 2. The van der Waals surface area contributed by atoms with Crippen LogP contribution in [0.3, 0.4) is 0 Å². The van der Waals surface area contributed by atoms with Crippen LogP contribution in [0.1, 0.15) is 104 Å².